The van der Waals surface area contributed by atoms with Crippen molar-refractivity contribution in [1.29, 1.82) is 0 Å². The Hall–Kier alpha value is -2.42. The Bertz CT molecular complexity index is 592. The number of carbonyl (C=O) groups excluding carboxylic acids is 2. The molecule has 0 aliphatic rings. The second kappa shape index (κ2) is 9.57. The van der Waals surface area contributed by atoms with E-state index in [0.717, 1.165) is 32.0 Å². The number of carbonyl (C=O) groups is 2. The van der Waals surface area contributed by atoms with Gasteiger partial charge in [-0.1, -0.05) is 24.4 Å². The summed E-state index contributed by atoms with van der Waals surface area (Å²) in [5, 5.41) is 2.24. The maximum atomic E-state index is 12.0. The van der Waals surface area contributed by atoms with E-state index in [9.17, 15) is 9.59 Å². The number of hydrogen-bond acceptors (Lipinski definition) is 7. The van der Waals surface area contributed by atoms with Gasteiger partial charge < -0.3 is 22.0 Å². The molecule has 0 bridgehead atoms. The number of anilines is 2. The van der Waals surface area contributed by atoms with Gasteiger partial charge in [0.05, 0.1) is 0 Å². The van der Waals surface area contributed by atoms with Gasteiger partial charge in [0.15, 0.2) is 28.4 Å². The number of hydrogen-bond donors (Lipinski definition) is 4. The highest BCUT2D eigenvalue weighted by molar-refractivity contribution is 6.31. The van der Waals surface area contributed by atoms with E-state index in [1.165, 1.54) is 0 Å². The van der Waals surface area contributed by atoms with Gasteiger partial charge in [-0.15, -0.1) is 0 Å². The van der Waals surface area contributed by atoms with Gasteiger partial charge in [-0.25, -0.2) is 9.97 Å². The fraction of sp³-hybridized carbons (Fsp3) is 0.462. The molecule has 0 aliphatic carbocycles. The van der Waals surface area contributed by atoms with E-state index in [0.29, 0.717) is 13.0 Å². The van der Waals surface area contributed by atoms with Crippen molar-refractivity contribution >= 4 is 41.4 Å². The lowest BCUT2D eigenvalue weighted by Gasteiger charge is -2.07. The van der Waals surface area contributed by atoms with Crippen LogP contribution in [-0.4, -0.2) is 34.7 Å². The summed E-state index contributed by atoms with van der Waals surface area (Å²) >= 11 is 5.70. The molecule has 9 nitrogen and oxygen atoms in total. The van der Waals surface area contributed by atoms with Crippen LogP contribution in [0.1, 0.15) is 42.6 Å². The third-order valence-electron chi connectivity index (χ3n) is 2.87. The summed E-state index contributed by atoms with van der Waals surface area (Å²) < 4.78 is 0. The third kappa shape index (κ3) is 6.47. The summed E-state index contributed by atoms with van der Waals surface area (Å²) in [6.07, 6.45) is 5.05. The average Bonchev–Trinajstić information content (AvgIpc) is 2.49. The Morgan fingerprint density at radius 1 is 1.17 bits per heavy atom. The maximum absolute atomic E-state index is 12.0. The van der Waals surface area contributed by atoms with Crippen LogP contribution >= 0.6 is 11.6 Å². The van der Waals surface area contributed by atoms with Gasteiger partial charge in [-0.3, -0.25) is 15.1 Å². The van der Waals surface area contributed by atoms with Crippen molar-refractivity contribution in [3.63, 3.8) is 0 Å². The summed E-state index contributed by atoms with van der Waals surface area (Å²) in [4.78, 5) is 33.6. The van der Waals surface area contributed by atoms with E-state index in [1.54, 1.807) is 0 Å². The Balaban J connectivity index is 2.45. The molecule has 0 aromatic carbocycles. The molecular formula is C13H20ClN7O2. The molecular weight excluding hydrogens is 322 g/mol. The third-order valence-corrected chi connectivity index (χ3v) is 3.15. The Morgan fingerprint density at radius 2 is 1.87 bits per heavy atom. The zero-order chi connectivity index (χ0) is 17.2. The predicted octanol–water partition coefficient (Wildman–Crippen LogP) is 0.488. The number of aromatic nitrogens is 2. The van der Waals surface area contributed by atoms with Crippen LogP contribution in [0, 0.1) is 0 Å². The van der Waals surface area contributed by atoms with Gasteiger partial charge in [0.2, 0.25) is 0 Å². The first-order chi connectivity index (χ1) is 11.0. The van der Waals surface area contributed by atoms with Gasteiger partial charge in [-0.05, 0) is 12.8 Å². The normalized spacial score (nSPS) is 11.3. The molecule has 126 valence electrons. The summed E-state index contributed by atoms with van der Waals surface area (Å²) in [5.74, 6) is -0.912. The minimum Gasteiger partial charge on any atom is -0.382 e. The van der Waals surface area contributed by atoms with Crippen LogP contribution in [0.2, 0.25) is 5.15 Å². The topological polar surface area (TPSA) is 162 Å². The van der Waals surface area contributed by atoms with Crippen molar-refractivity contribution in [3.8, 4) is 0 Å². The summed E-state index contributed by atoms with van der Waals surface area (Å²) in [7, 11) is 0. The molecule has 1 rings (SSSR count). The monoisotopic (exact) mass is 341 g/mol. The van der Waals surface area contributed by atoms with Crippen LogP contribution in [0.25, 0.3) is 0 Å². The Labute approximate surface area is 138 Å². The van der Waals surface area contributed by atoms with Crippen LogP contribution < -0.4 is 22.5 Å². The summed E-state index contributed by atoms with van der Waals surface area (Å²) in [5.41, 5.74) is 16.4. The molecule has 1 amide bonds. The van der Waals surface area contributed by atoms with E-state index in [2.05, 4.69) is 20.3 Å². The number of nitrogen functional groups attached to an aromatic ring is 2. The molecule has 0 radical (unpaired) electrons. The number of aliphatic imine (C=N–C) groups is 1. The number of nitrogens with two attached hydrogens (primary N) is 3. The van der Waals surface area contributed by atoms with Crippen LogP contribution in [-0.2, 0) is 4.79 Å². The largest absolute Gasteiger partial charge is 0.382 e. The molecule has 0 saturated heterocycles. The lowest BCUT2D eigenvalue weighted by Crippen LogP contribution is -2.38. The van der Waals surface area contributed by atoms with E-state index in [-0.39, 0.29) is 28.4 Å². The van der Waals surface area contributed by atoms with E-state index in [4.69, 9.17) is 28.8 Å². The average molecular weight is 342 g/mol. The highest BCUT2D eigenvalue weighted by atomic mass is 35.5. The van der Waals surface area contributed by atoms with Crippen molar-refractivity contribution in [2.75, 3.05) is 18.0 Å². The molecule has 1 aromatic rings. The number of halogens is 1. The molecule has 0 atom stereocenters. The molecule has 23 heavy (non-hydrogen) atoms. The number of rotatable bonds is 8. The quantitative estimate of drug-likeness (QED) is 0.231. The smallest absolute Gasteiger partial charge is 0.280 e. The minimum absolute atomic E-state index is 0.0444. The first kappa shape index (κ1) is 18.6. The highest BCUT2D eigenvalue weighted by Crippen LogP contribution is 2.17. The maximum Gasteiger partial charge on any atom is 0.280 e. The van der Waals surface area contributed by atoms with Gasteiger partial charge >= 0.3 is 0 Å². The molecule has 0 fully saturated rings. The van der Waals surface area contributed by atoms with Crippen molar-refractivity contribution in [1.82, 2.24) is 15.3 Å². The van der Waals surface area contributed by atoms with Gasteiger partial charge in [0.25, 0.3) is 5.91 Å². The minimum atomic E-state index is -0.663. The fourth-order valence-electron chi connectivity index (χ4n) is 1.72. The van der Waals surface area contributed by atoms with Crippen molar-refractivity contribution in [2.45, 2.75) is 32.1 Å². The second-order valence-electron chi connectivity index (χ2n) is 4.72. The van der Waals surface area contributed by atoms with Crippen molar-refractivity contribution < 1.29 is 9.59 Å². The Kier molecular flexibility index (Phi) is 7.75. The number of guanidine groups is 1. The first-order valence-electron chi connectivity index (χ1n) is 7.09. The van der Waals surface area contributed by atoms with E-state index in [1.807, 2.05) is 0 Å². The first-order valence-corrected chi connectivity index (χ1v) is 7.47. The van der Waals surface area contributed by atoms with Crippen molar-refractivity contribution in [2.24, 2.45) is 10.7 Å². The molecule has 0 aliphatic heterocycles. The van der Waals surface area contributed by atoms with Crippen LogP contribution in [0.15, 0.2) is 4.99 Å². The zero-order valence-corrected chi connectivity index (χ0v) is 13.3. The molecule has 10 heteroatoms. The predicted molar refractivity (Wildman–Crippen MR) is 89.0 cm³/mol. The molecule has 1 aromatic heterocycles. The van der Waals surface area contributed by atoms with E-state index >= 15 is 0 Å². The van der Waals surface area contributed by atoms with Crippen molar-refractivity contribution in [3.05, 3.63) is 10.8 Å². The fourth-order valence-corrected chi connectivity index (χ4v) is 1.84. The number of nitrogens with zero attached hydrogens (tertiary/aromatic N) is 3. The van der Waals surface area contributed by atoms with Crippen LogP contribution in [0.5, 0.6) is 0 Å². The van der Waals surface area contributed by atoms with Gasteiger partial charge in [-0.2, -0.15) is 0 Å². The summed E-state index contributed by atoms with van der Waals surface area (Å²) in [6.45, 7) is 0.469. The lowest BCUT2D eigenvalue weighted by molar-refractivity contribution is -0.107. The number of amides is 1. The number of aldehydes is 1. The summed E-state index contributed by atoms with van der Waals surface area (Å²) in [6, 6.07) is 0. The van der Waals surface area contributed by atoms with Crippen LogP contribution in [0.4, 0.5) is 11.6 Å². The number of unbranched alkanes of at least 4 members (excludes halogenated alkanes) is 4. The molecule has 7 N–H and O–H groups in total. The van der Waals surface area contributed by atoms with Crippen LogP contribution in [0.3, 0.4) is 0 Å². The highest BCUT2D eigenvalue weighted by Gasteiger charge is 2.16. The standard InChI is InChI=1S/C13H20ClN7O2/c14-9-11(16)20-10(15)8(19-9)12(23)21-13(17)18-6-4-2-1-3-5-7-22/h7H,1-6H2,(H4,15,16,20)(H3,17,18,21,23). The van der Waals surface area contributed by atoms with Gasteiger partial charge in [0, 0.05) is 13.0 Å². The van der Waals surface area contributed by atoms with E-state index < -0.39 is 5.91 Å². The SMILES string of the molecule is NC(=NCCCCCCC=O)NC(=O)c1nc(Cl)c(N)nc1N. The molecule has 0 spiro atoms. The number of nitrogens with one attached hydrogen (secondary N) is 1. The molecule has 0 unspecified atom stereocenters. The zero-order valence-electron chi connectivity index (χ0n) is 12.6. The van der Waals surface area contributed by atoms with Gasteiger partial charge in [0.1, 0.15) is 6.29 Å². The lowest BCUT2D eigenvalue weighted by atomic mass is 10.1. The second-order valence-corrected chi connectivity index (χ2v) is 5.08. The molecule has 1 heterocycles. The molecule has 0 saturated carbocycles. The Morgan fingerprint density at radius 3 is 2.57 bits per heavy atom.